The molecule has 3 aromatic carbocycles. The SMILES string of the molecule is [2H]c1c([2H])[n+](-c2cc(C([2H])([2H])C(C)(C)C)cc(C([2H])([2H])C(C)(C)C)c2)[c-]n1-c1[c-]c(Oc2[c-]c3c(cc2)c2ccccc2n3-c2cc(C(C)(C)C)ccn2)ccn1.[Pt]. The first-order valence-electron chi connectivity index (χ1n) is 20.2. The van der Waals surface area contributed by atoms with Crippen LogP contribution in [-0.4, -0.2) is 19.1 Å². The summed E-state index contributed by atoms with van der Waals surface area (Å²) in [6.45, 7) is 17.3. The van der Waals surface area contributed by atoms with Gasteiger partial charge in [0.05, 0.1) is 14.2 Å². The molecule has 0 saturated heterocycles. The fourth-order valence-electron chi connectivity index (χ4n) is 6.05. The molecule has 7 aromatic rings. The maximum atomic E-state index is 9.05. The summed E-state index contributed by atoms with van der Waals surface area (Å²) in [6, 6.07) is 29.2. The molecule has 4 heterocycles. The second kappa shape index (κ2) is 14.1. The Morgan fingerprint density at radius 1 is 0.769 bits per heavy atom. The van der Waals surface area contributed by atoms with Gasteiger partial charge in [0, 0.05) is 56.4 Å². The summed E-state index contributed by atoms with van der Waals surface area (Å²) < 4.78 is 65.1. The first-order chi connectivity index (χ1) is 26.5. The normalized spacial score (nSPS) is 14.6. The third-order valence-electron chi connectivity index (χ3n) is 8.18. The first-order valence-corrected chi connectivity index (χ1v) is 17.2. The Kier molecular flexibility index (Phi) is 8.14. The molecule has 0 radical (unpaired) electrons. The van der Waals surface area contributed by atoms with Gasteiger partial charge in [0.1, 0.15) is 5.82 Å². The van der Waals surface area contributed by atoms with Crippen LogP contribution in [0.15, 0.2) is 97.5 Å². The predicted molar refractivity (Wildman–Crippen MR) is 205 cm³/mol. The molecule has 0 amide bonds. The average molecular weight is 875 g/mol. The Labute approximate surface area is 331 Å². The minimum atomic E-state index is -1.86. The zero-order chi connectivity index (χ0) is 41.5. The third kappa shape index (κ3) is 8.23. The average Bonchev–Trinajstić information content (AvgIpc) is 3.63. The van der Waals surface area contributed by atoms with Crippen molar-refractivity contribution in [2.75, 3.05) is 0 Å². The molecular weight excluding hydrogens is 822 g/mol. The number of hydrogen-bond donors (Lipinski definition) is 0. The molecule has 0 atom stereocenters. The summed E-state index contributed by atoms with van der Waals surface area (Å²) in [5, 5.41) is 2.05. The molecule has 0 fully saturated rings. The molecule has 0 aliphatic rings. The Hall–Kier alpha value is -4.54. The molecule has 4 aromatic heterocycles. The van der Waals surface area contributed by atoms with E-state index in [1.165, 1.54) is 15.3 Å². The van der Waals surface area contributed by atoms with Gasteiger partial charge in [0.15, 0.2) is 0 Å². The Morgan fingerprint density at radius 3 is 2.13 bits per heavy atom. The molecular formula is C45H47N5OPt-2. The van der Waals surface area contributed by atoms with E-state index in [2.05, 4.69) is 67.0 Å². The van der Waals surface area contributed by atoms with Crippen molar-refractivity contribution >= 4 is 21.8 Å². The van der Waals surface area contributed by atoms with E-state index < -0.39 is 23.6 Å². The molecule has 0 aliphatic carbocycles. The van der Waals surface area contributed by atoms with Crippen LogP contribution in [-0.2, 0) is 39.2 Å². The van der Waals surface area contributed by atoms with Crippen LogP contribution < -0.4 is 9.30 Å². The van der Waals surface area contributed by atoms with Crippen LogP contribution in [0.3, 0.4) is 0 Å². The smallest absolute Gasteiger partial charge is 0.268 e. The van der Waals surface area contributed by atoms with Crippen LogP contribution in [0.2, 0.25) is 0 Å². The second-order valence-electron chi connectivity index (χ2n) is 16.0. The minimum Gasteiger partial charge on any atom is -0.522 e. The summed E-state index contributed by atoms with van der Waals surface area (Å²) >= 11 is 0. The number of ether oxygens (including phenoxy) is 1. The maximum absolute atomic E-state index is 9.05. The van der Waals surface area contributed by atoms with E-state index >= 15 is 0 Å². The van der Waals surface area contributed by atoms with Crippen molar-refractivity contribution in [2.45, 2.75) is 80.5 Å². The topological polar surface area (TPSA) is 48.8 Å². The molecule has 270 valence electrons. The summed E-state index contributed by atoms with van der Waals surface area (Å²) in [7, 11) is 0. The van der Waals surface area contributed by atoms with Crippen molar-refractivity contribution in [2.24, 2.45) is 10.8 Å². The van der Waals surface area contributed by atoms with Gasteiger partial charge in [0.2, 0.25) is 0 Å². The zero-order valence-corrected chi connectivity index (χ0v) is 33.3. The number of rotatable bonds is 7. The Morgan fingerprint density at radius 2 is 1.44 bits per heavy atom. The fourth-order valence-corrected chi connectivity index (χ4v) is 6.05. The number of fused-ring (bicyclic) bond motifs is 3. The van der Waals surface area contributed by atoms with Crippen LogP contribution in [0.1, 0.15) is 87.2 Å². The van der Waals surface area contributed by atoms with E-state index in [1.807, 2.05) is 36.5 Å². The fraction of sp³-hybridized carbons (Fsp3) is 0.311. The molecule has 6 nitrogen and oxygen atoms in total. The van der Waals surface area contributed by atoms with E-state index in [9.17, 15) is 0 Å². The standard InChI is InChI=1S/C45H47N5O.Pt/c1-43(2,3)28-31-22-32(29-44(4,5)6)24-34(23-31)48-20-21-49(30-48)41-27-36(17-19-46-41)51-35-14-15-38-37-12-10-11-13-39(37)50(40(38)26-35)42-25-33(16-18-47-42)45(7,8)9;/h10-25H,28-29H2,1-9H3;/q-2;/i20D,21D,28D2,29D2;. The van der Waals surface area contributed by atoms with Crippen LogP contribution in [0.25, 0.3) is 39.1 Å². The largest absolute Gasteiger partial charge is 0.522 e. The Bertz CT molecular complexity index is 2620. The van der Waals surface area contributed by atoms with Crippen molar-refractivity contribution in [1.29, 1.82) is 0 Å². The predicted octanol–water partition coefficient (Wildman–Crippen LogP) is 10.3. The van der Waals surface area contributed by atoms with Gasteiger partial charge in [-0.15, -0.1) is 17.5 Å². The van der Waals surface area contributed by atoms with Gasteiger partial charge in [-0.25, -0.2) is 4.98 Å². The summed E-state index contributed by atoms with van der Waals surface area (Å²) in [5.41, 5.74) is 2.04. The molecule has 0 bridgehead atoms. The molecule has 0 aliphatic heterocycles. The van der Waals surface area contributed by atoms with Gasteiger partial charge < -0.3 is 9.30 Å². The summed E-state index contributed by atoms with van der Waals surface area (Å²) in [5.74, 6) is 1.64. The molecule has 0 saturated carbocycles. The van der Waals surface area contributed by atoms with Crippen molar-refractivity contribution in [3.8, 4) is 28.8 Å². The summed E-state index contributed by atoms with van der Waals surface area (Å²) in [4.78, 5) is 9.19. The van der Waals surface area contributed by atoms with Crippen molar-refractivity contribution < 1.29 is 38.6 Å². The van der Waals surface area contributed by atoms with E-state index in [1.54, 1.807) is 65.8 Å². The summed E-state index contributed by atoms with van der Waals surface area (Å²) in [6.07, 6.45) is 2.18. The number of pyridine rings is 2. The number of aromatic nitrogens is 5. The number of imidazole rings is 1. The number of benzene rings is 3. The van der Waals surface area contributed by atoms with Crippen LogP contribution in [0, 0.1) is 29.3 Å². The third-order valence-corrected chi connectivity index (χ3v) is 8.18. The molecule has 7 heteroatoms. The van der Waals surface area contributed by atoms with Gasteiger partial charge in [-0.05, 0) is 76.0 Å². The zero-order valence-electron chi connectivity index (χ0n) is 37.0. The van der Waals surface area contributed by atoms with Crippen LogP contribution in [0.4, 0.5) is 0 Å². The quantitative estimate of drug-likeness (QED) is 0.118. The minimum absolute atomic E-state index is 0. The Balaban J connectivity index is 0.00000567. The van der Waals surface area contributed by atoms with Gasteiger partial charge in [0.25, 0.3) is 6.33 Å². The molecule has 7 rings (SSSR count). The number of nitrogens with zero attached hydrogens (tertiary/aromatic N) is 5. The number of hydrogen-bond acceptors (Lipinski definition) is 3. The van der Waals surface area contributed by atoms with Gasteiger partial charge >= 0.3 is 0 Å². The number of para-hydroxylation sites is 1. The van der Waals surface area contributed by atoms with Gasteiger partial charge in [-0.3, -0.25) is 14.1 Å². The monoisotopic (exact) mass is 874 g/mol. The van der Waals surface area contributed by atoms with E-state index in [0.29, 0.717) is 17.2 Å². The second-order valence-corrected chi connectivity index (χ2v) is 16.0. The molecule has 0 N–H and O–H groups in total. The van der Waals surface area contributed by atoms with E-state index in [0.717, 1.165) is 33.2 Å². The maximum Gasteiger partial charge on any atom is 0.268 e. The van der Waals surface area contributed by atoms with Crippen LogP contribution in [0.5, 0.6) is 11.5 Å². The van der Waals surface area contributed by atoms with Gasteiger partial charge in [-0.1, -0.05) is 109 Å². The van der Waals surface area contributed by atoms with Gasteiger partial charge in [-0.2, -0.15) is 18.2 Å². The molecule has 0 unspecified atom stereocenters. The molecule has 0 spiro atoms. The molecule has 52 heavy (non-hydrogen) atoms. The van der Waals surface area contributed by atoms with E-state index in [-0.39, 0.29) is 55.8 Å². The van der Waals surface area contributed by atoms with Crippen LogP contribution >= 0.6 is 0 Å². The van der Waals surface area contributed by atoms with Crippen molar-refractivity contribution in [3.63, 3.8) is 0 Å². The van der Waals surface area contributed by atoms with Crippen molar-refractivity contribution in [3.05, 3.63) is 133 Å². The van der Waals surface area contributed by atoms with Crippen molar-refractivity contribution in [1.82, 2.24) is 19.1 Å². The van der Waals surface area contributed by atoms with E-state index in [4.69, 9.17) is 17.9 Å². The first kappa shape index (κ1) is 30.0.